The van der Waals surface area contributed by atoms with Crippen LogP contribution in [0.2, 0.25) is 0 Å². The Labute approximate surface area is 96.4 Å². The first kappa shape index (κ1) is 14.9. The molecule has 2 atom stereocenters. The molecule has 2 nitrogen and oxygen atoms in total. The van der Waals surface area contributed by atoms with Crippen LogP contribution in [-0.2, 0) is 0 Å². The molecule has 0 aliphatic rings. The normalized spacial score (nSPS) is 16.8. The van der Waals surface area contributed by atoms with Crippen LogP contribution >= 0.6 is 0 Å². The van der Waals surface area contributed by atoms with Gasteiger partial charge in [-0.05, 0) is 32.4 Å². The van der Waals surface area contributed by atoms with Crippen molar-refractivity contribution in [2.75, 3.05) is 27.2 Å². The van der Waals surface area contributed by atoms with E-state index >= 15 is 0 Å². The van der Waals surface area contributed by atoms with E-state index in [-0.39, 0.29) is 0 Å². The summed E-state index contributed by atoms with van der Waals surface area (Å²) in [4.78, 5) is 2.26. The molecule has 0 amide bonds. The highest BCUT2D eigenvalue weighted by Gasteiger charge is 2.20. The lowest BCUT2D eigenvalue weighted by molar-refractivity contribution is 0.218. The Balaban J connectivity index is 3.92. The first-order chi connectivity index (χ1) is 6.78. The minimum absolute atomic E-state index is 0.352. The van der Waals surface area contributed by atoms with E-state index in [2.05, 4.69) is 58.9 Å². The Hall–Kier alpha value is -0.0800. The van der Waals surface area contributed by atoms with Gasteiger partial charge in [-0.15, -0.1) is 0 Å². The molecule has 0 aromatic rings. The summed E-state index contributed by atoms with van der Waals surface area (Å²) in [6, 6.07) is 0.622. The van der Waals surface area contributed by atoms with E-state index in [1.165, 1.54) is 6.42 Å². The lowest BCUT2D eigenvalue weighted by atomic mass is 9.91. The number of hydrogen-bond acceptors (Lipinski definition) is 2. The second kappa shape index (κ2) is 6.49. The van der Waals surface area contributed by atoms with Gasteiger partial charge in [0.05, 0.1) is 0 Å². The number of hydrogen-bond donors (Lipinski definition) is 1. The average molecular weight is 214 g/mol. The Morgan fingerprint density at radius 2 is 1.73 bits per heavy atom. The largest absolute Gasteiger partial charge is 0.313 e. The fourth-order valence-corrected chi connectivity index (χ4v) is 1.90. The summed E-state index contributed by atoms with van der Waals surface area (Å²) in [5.74, 6) is 0.764. The first-order valence-corrected chi connectivity index (χ1v) is 6.16. The van der Waals surface area contributed by atoms with Crippen LogP contribution in [0.3, 0.4) is 0 Å². The van der Waals surface area contributed by atoms with E-state index in [0.29, 0.717) is 11.5 Å². The maximum Gasteiger partial charge on any atom is 0.00644 e. The Morgan fingerprint density at radius 3 is 2.13 bits per heavy atom. The van der Waals surface area contributed by atoms with Gasteiger partial charge in [-0.2, -0.15) is 0 Å². The van der Waals surface area contributed by atoms with Crippen molar-refractivity contribution >= 4 is 0 Å². The number of nitrogens with zero attached hydrogens (tertiary/aromatic N) is 1. The second-order valence-corrected chi connectivity index (χ2v) is 5.96. The molecule has 0 heterocycles. The summed E-state index contributed by atoms with van der Waals surface area (Å²) >= 11 is 0. The maximum absolute atomic E-state index is 3.65. The number of rotatable bonds is 7. The van der Waals surface area contributed by atoms with E-state index in [9.17, 15) is 0 Å². The molecule has 0 aliphatic carbocycles. The van der Waals surface area contributed by atoms with Crippen LogP contribution < -0.4 is 5.32 Å². The van der Waals surface area contributed by atoms with Gasteiger partial charge >= 0.3 is 0 Å². The molecule has 0 aliphatic heterocycles. The summed E-state index contributed by atoms with van der Waals surface area (Å²) in [6.45, 7) is 13.7. The zero-order valence-electron chi connectivity index (χ0n) is 11.7. The summed E-state index contributed by atoms with van der Waals surface area (Å²) in [6.07, 6.45) is 1.25. The quantitative estimate of drug-likeness (QED) is 0.701. The Bertz CT molecular complexity index is 164. The van der Waals surface area contributed by atoms with Crippen molar-refractivity contribution in [2.45, 2.75) is 47.1 Å². The lowest BCUT2D eigenvalue weighted by Crippen LogP contribution is -2.42. The molecule has 0 saturated heterocycles. The highest BCUT2D eigenvalue weighted by molar-refractivity contribution is 4.77. The minimum atomic E-state index is 0.352. The SMILES string of the molecule is CC[C@H](C)[C@H](C)NCC(C)(C)CN(C)C. The van der Waals surface area contributed by atoms with Crippen LogP contribution in [0.25, 0.3) is 0 Å². The van der Waals surface area contributed by atoms with E-state index < -0.39 is 0 Å². The van der Waals surface area contributed by atoms with Gasteiger partial charge in [0.25, 0.3) is 0 Å². The molecule has 1 N–H and O–H groups in total. The van der Waals surface area contributed by atoms with Crippen molar-refractivity contribution in [2.24, 2.45) is 11.3 Å². The predicted molar refractivity (Wildman–Crippen MR) is 69.3 cm³/mol. The Kier molecular flexibility index (Phi) is 6.46. The van der Waals surface area contributed by atoms with Gasteiger partial charge < -0.3 is 10.2 Å². The van der Waals surface area contributed by atoms with E-state index in [1.807, 2.05) is 0 Å². The molecule has 0 spiro atoms. The van der Waals surface area contributed by atoms with Gasteiger partial charge in [0.2, 0.25) is 0 Å². The molecule has 0 radical (unpaired) electrons. The zero-order chi connectivity index (χ0) is 12.1. The molecule has 2 heteroatoms. The highest BCUT2D eigenvalue weighted by Crippen LogP contribution is 2.16. The van der Waals surface area contributed by atoms with Crippen molar-refractivity contribution in [1.82, 2.24) is 10.2 Å². The van der Waals surface area contributed by atoms with Crippen LogP contribution in [0.15, 0.2) is 0 Å². The van der Waals surface area contributed by atoms with Crippen molar-refractivity contribution in [3.63, 3.8) is 0 Å². The summed E-state index contributed by atoms with van der Waals surface area (Å²) in [5.41, 5.74) is 0.352. The fourth-order valence-electron chi connectivity index (χ4n) is 1.90. The topological polar surface area (TPSA) is 15.3 Å². The molecular formula is C13H30N2. The van der Waals surface area contributed by atoms with Crippen LogP contribution in [0.1, 0.15) is 41.0 Å². The molecule has 15 heavy (non-hydrogen) atoms. The highest BCUT2D eigenvalue weighted by atomic mass is 15.1. The predicted octanol–water partition coefficient (Wildman–Crippen LogP) is 2.60. The molecule has 0 fully saturated rings. The van der Waals surface area contributed by atoms with Gasteiger partial charge in [0.15, 0.2) is 0 Å². The summed E-state index contributed by atoms with van der Waals surface area (Å²) in [5, 5.41) is 3.65. The first-order valence-electron chi connectivity index (χ1n) is 6.16. The van der Waals surface area contributed by atoms with Crippen LogP contribution in [0.4, 0.5) is 0 Å². The average Bonchev–Trinajstić information content (AvgIpc) is 2.11. The van der Waals surface area contributed by atoms with Crippen molar-refractivity contribution < 1.29 is 0 Å². The smallest absolute Gasteiger partial charge is 0.00644 e. The van der Waals surface area contributed by atoms with Crippen LogP contribution in [-0.4, -0.2) is 38.1 Å². The fraction of sp³-hybridized carbons (Fsp3) is 1.00. The van der Waals surface area contributed by atoms with Gasteiger partial charge in [-0.1, -0.05) is 34.1 Å². The van der Waals surface area contributed by atoms with E-state index in [0.717, 1.165) is 19.0 Å². The third-order valence-corrected chi connectivity index (χ3v) is 3.14. The van der Waals surface area contributed by atoms with Gasteiger partial charge in [-0.3, -0.25) is 0 Å². The van der Waals surface area contributed by atoms with Crippen LogP contribution in [0.5, 0.6) is 0 Å². The van der Waals surface area contributed by atoms with Gasteiger partial charge in [0, 0.05) is 19.1 Å². The van der Waals surface area contributed by atoms with Crippen LogP contribution in [0, 0.1) is 11.3 Å². The maximum atomic E-state index is 3.65. The van der Waals surface area contributed by atoms with E-state index in [1.54, 1.807) is 0 Å². The van der Waals surface area contributed by atoms with Gasteiger partial charge in [0.1, 0.15) is 0 Å². The van der Waals surface area contributed by atoms with E-state index in [4.69, 9.17) is 0 Å². The minimum Gasteiger partial charge on any atom is -0.313 e. The molecule has 0 aromatic heterocycles. The molecule has 0 bridgehead atoms. The summed E-state index contributed by atoms with van der Waals surface area (Å²) < 4.78 is 0. The van der Waals surface area contributed by atoms with Gasteiger partial charge in [-0.25, -0.2) is 0 Å². The molecule has 0 aromatic carbocycles. The standard InChI is InChI=1S/C13H30N2/c1-8-11(2)12(3)14-9-13(4,5)10-15(6)7/h11-12,14H,8-10H2,1-7H3/t11-,12-/m0/s1. The van der Waals surface area contributed by atoms with Crippen molar-refractivity contribution in [3.8, 4) is 0 Å². The summed E-state index contributed by atoms with van der Waals surface area (Å²) in [7, 11) is 4.28. The molecular weight excluding hydrogens is 184 g/mol. The molecule has 0 saturated carbocycles. The molecule has 0 rings (SSSR count). The third-order valence-electron chi connectivity index (χ3n) is 3.14. The lowest BCUT2D eigenvalue weighted by Gasteiger charge is -2.31. The Morgan fingerprint density at radius 1 is 1.20 bits per heavy atom. The van der Waals surface area contributed by atoms with Crippen molar-refractivity contribution in [1.29, 1.82) is 0 Å². The number of nitrogens with one attached hydrogen (secondary N) is 1. The molecule has 92 valence electrons. The monoisotopic (exact) mass is 214 g/mol. The molecule has 0 unspecified atom stereocenters. The van der Waals surface area contributed by atoms with Crippen molar-refractivity contribution in [3.05, 3.63) is 0 Å². The zero-order valence-corrected chi connectivity index (χ0v) is 11.7. The third kappa shape index (κ3) is 6.91. The second-order valence-electron chi connectivity index (χ2n) is 5.96.